The van der Waals surface area contributed by atoms with Gasteiger partial charge in [-0.3, -0.25) is 4.79 Å². The van der Waals surface area contributed by atoms with Gasteiger partial charge in [-0.1, -0.05) is 60.7 Å². The van der Waals surface area contributed by atoms with Gasteiger partial charge < -0.3 is 0 Å². The number of hydrogen-bond donors (Lipinski definition) is 0. The van der Waals surface area contributed by atoms with Crippen LogP contribution in [0.25, 0.3) is 6.08 Å². The lowest BCUT2D eigenvalue weighted by Crippen LogP contribution is -2.16. The second-order valence-corrected chi connectivity index (χ2v) is 5.49. The summed E-state index contributed by atoms with van der Waals surface area (Å²) >= 11 is 6.27. The van der Waals surface area contributed by atoms with Crippen molar-refractivity contribution in [3.8, 4) is 0 Å². The summed E-state index contributed by atoms with van der Waals surface area (Å²) in [5.41, 5.74) is 4.08. The molecule has 100 valence electrons. The van der Waals surface area contributed by atoms with Gasteiger partial charge in [0.15, 0.2) is 5.78 Å². The normalized spacial score (nSPS) is 17.6. The van der Waals surface area contributed by atoms with Crippen LogP contribution in [0.4, 0.5) is 0 Å². The first-order valence-electron chi connectivity index (χ1n) is 6.74. The van der Waals surface area contributed by atoms with Gasteiger partial charge in [-0.05, 0) is 29.2 Å². The molecule has 1 aliphatic rings. The molecule has 0 aromatic heterocycles. The number of hydrogen-bond acceptors (Lipinski definition) is 1. The van der Waals surface area contributed by atoms with Crippen LogP contribution in [-0.2, 0) is 0 Å². The Morgan fingerprint density at radius 2 is 2.00 bits per heavy atom. The summed E-state index contributed by atoms with van der Waals surface area (Å²) in [6.07, 6.45) is 3.20. The van der Waals surface area contributed by atoms with E-state index < -0.39 is 0 Å². The maximum absolute atomic E-state index is 12.0. The van der Waals surface area contributed by atoms with Crippen molar-refractivity contribution in [3.05, 3.63) is 76.3 Å². The van der Waals surface area contributed by atoms with Crippen molar-refractivity contribution < 1.29 is 4.79 Å². The van der Waals surface area contributed by atoms with Gasteiger partial charge in [0.2, 0.25) is 0 Å². The highest BCUT2D eigenvalue weighted by molar-refractivity contribution is 6.32. The van der Waals surface area contributed by atoms with E-state index in [1.807, 2.05) is 36.4 Å². The fourth-order valence-electron chi connectivity index (χ4n) is 2.89. The van der Waals surface area contributed by atoms with Gasteiger partial charge >= 0.3 is 0 Å². The Bertz CT molecular complexity index is 688. The molecular weight excluding hydrogens is 268 g/mol. The van der Waals surface area contributed by atoms with Crippen LogP contribution in [-0.4, -0.2) is 5.78 Å². The van der Waals surface area contributed by atoms with Crippen molar-refractivity contribution in [1.82, 2.24) is 0 Å². The van der Waals surface area contributed by atoms with Gasteiger partial charge in [0.05, 0.1) is 0 Å². The maximum Gasteiger partial charge on any atom is 0.163 e. The summed E-state index contributed by atoms with van der Waals surface area (Å²) < 4.78 is 0. The average molecular weight is 283 g/mol. The van der Waals surface area contributed by atoms with Gasteiger partial charge in [-0.15, -0.1) is 0 Å². The quantitative estimate of drug-likeness (QED) is 0.750. The number of ketones is 1. The SMILES string of the molecule is C=Cc1ccc(C2CCC(=O)c3ccccc32)cc1Cl. The zero-order chi connectivity index (χ0) is 14.1. The molecule has 0 saturated carbocycles. The molecule has 0 N–H and O–H groups in total. The number of carbonyl (C=O) groups excluding carboxylic acids is 1. The third kappa shape index (κ3) is 2.19. The number of carbonyl (C=O) groups is 1. The summed E-state index contributed by atoms with van der Waals surface area (Å²) in [6.45, 7) is 3.75. The molecule has 0 heterocycles. The molecule has 0 fully saturated rings. The van der Waals surface area contributed by atoms with E-state index in [4.69, 9.17) is 11.6 Å². The van der Waals surface area contributed by atoms with E-state index >= 15 is 0 Å². The summed E-state index contributed by atoms with van der Waals surface area (Å²) in [7, 11) is 0. The Morgan fingerprint density at radius 3 is 2.75 bits per heavy atom. The minimum atomic E-state index is 0.241. The fourth-order valence-corrected chi connectivity index (χ4v) is 3.16. The van der Waals surface area contributed by atoms with Crippen molar-refractivity contribution in [1.29, 1.82) is 0 Å². The standard InChI is InChI=1S/C18H15ClO/c1-2-12-7-8-13(11-17(12)19)14-9-10-18(20)16-6-4-3-5-15(14)16/h2-8,11,14H,1,9-10H2. The molecule has 0 aliphatic heterocycles. The second-order valence-electron chi connectivity index (χ2n) is 5.09. The lowest BCUT2D eigenvalue weighted by atomic mass is 9.78. The fraction of sp³-hybridized carbons (Fsp3) is 0.167. The van der Waals surface area contributed by atoms with E-state index in [9.17, 15) is 4.79 Å². The van der Waals surface area contributed by atoms with Gasteiger partial charge in [0.1, 0.15) is 0 Å². The van der Waals surface area contributed by atoms with Crippen LogP contribution in [0.1, 0.15) is 45.8 Å². The van der Waals surface area contributed by atoms with Crippen molar-refractivity contribution in [2.24, 2.45) is 0 Å². The van der Waals surface area contributed by atoms with Gasteiger partial charge in [-0.25, -0.2) is 0 Å². The number of Topliss-reactive ketones (excluding diaryl/α,β-unsaturated/α-hetero) is 1. The molecule has 0 radical (unpaired) electrons. The van der Waals surface area contributed by atoms with Crippen LogP contribution < -0.4 is 0 Å². The highest BCUT2D eigenvalue weighted by Crippen LogP contribution is 2.37. The molecule has 1 unspecified atom stereocenters. The molecular formula is C18H15ClO. The molecule has 2 heteroatoms. The minimum absolute atomic E-state index is 0.241. The molecule has 20 heavy (non-hydrogen) atoms. The smallest absolute Gasteiger partial charge is 0.163 e. The van der Waals surface area contributed by atoms with E-state index in [1.54, 1.807) is 6.08 Å². The predicted octanol–water partition coefficient (Wildman–Crippen LogP) is 5.09. The molecule has 0 bridgehead atoms. The molecule has 0 spiro atoms. The monoisotopic (exact) mass is 282 g/mol. The third-order valence-electron chi connectivity index (χ3n) is 3.94. The van der Waals surface area contributed by atoms with E-state index in [0.29, 0.717) is 11.4 Å². The third-order valence-corrected chi connectivity index (χ3v) is 4.27. The first kappa shape index (κ1) is 13.1. The highest BCUT2D eigenvalue weighted by Gasteiger charge is 2.26. The highest BCUT2D eigenvalue weighted by atomic mass is 35.5. The number of benzene rings is 2. The van der Waals surface area contributed by atoms with Crippen LogP contribution >= 0.6 is 11.6 Å². The summed E-state index contributed by atoms with van der Waals surface area (Å²) in [5.74, 6) is 0.492. The zero-order valence-electron chi connectivity index (χ0n) is 11.1. The maximum atomic E-state index is 12.0. The summed E-state index contributed by atoms with van der Waals surface area (Å²) in [6, 6.07) is 14.0. The van der Waals surface area contributed by atoms with Gasteiger partial charge in [-0.2, -0.15) is 0 Å². The van der Waals surface area contributed by atoms with Crippen molar-refractivity contribution in [3.63, 3.8) is 0 Å². The molecule has 2 aromatic rings. The molecule has 2 aromatic carbocycles. The second kappa shape index (κ2) is 5.26. The number of rotatable bonds is 2. The van der Waals surface area contributed by atoms with Gasteiger partial charge in [0.25, 0.3) is 0 Å². The van der Waals surface area contributed by atoms with E-state index in [1.165, 1.54) is 5.56 Å². The van der Waals surface area contributed by atoms with Crippen molar-refractivity contribution >= 4 is 23.5 Å². The lowest BCUT2D eigenvalue weighted by Gasteiger charge is -2.25. The van der Waals surface area contributed by atoms with E-state index in [-0.39, 0.29) is 11.7 Å². The molecule has 3 rings (SSSR count). The first-order valence-corrected chi connectivity index (χ1v) is 7.12. The van der Waals surface area contributed by atoms with Crippen molar-refractivity contribution in [2.75, 3.05) is 0 Å². The largest absolute Gasteiger partial charge is 0.294 e. The average Bonchev–Trinajstić information content (AvgIpc) is 2.48. The topological polar surface area (TPSA) is 17.1 Å². The first-order chi connectivity index (χ1) is 9.70. The Balaban J connectivity index is 2.07. The lowest BCUT2D eigenvalue weighted by molar-refractivity contribution is 0.0969. The van der Waals surface area contributed by atoms with Crippen LogP contribution in [0.2, 0.25) is 5.02 Å². The molecule has 1 aliphatic carbocycles. The van der Waals surface area contributed by atoms with E-state index in [2.05, 4.69) is 12.6 Å². The Hall–Kier alpha value is -1.86. The molecule has 0 saturated heterocycles. The Kier molecular flexibility index (Phi) is 3.45. The number of halogens is 1. The number of fused-ring (bicyclic) bond motifs is 1. The predicted molar refractivity (Wildman–Crippen MR) is 83.4 cm³/mol. The zero-order valence-corrected chi connectivity index (χ0v) is 11.9. The summed E-state index contributed by atoms with van der Waals surface area (Å²) in [4.78, 5) is 12.0. The molecule has 0 amide bonds. The Labute approximate surface area is 123 Å². The minimum Gasteiger partial charge on any atom is -0.294 e. The molecule has 1 atom stereocenters. The van der Waals surface area contributed by atoms with Crippen molar-refractivity contribution in [2.45, 2.75) is 18.8 Å². The van der Waals surface area contributed by atoms with Crippen LogP contribution in [0.3, 0.4) is 0 Å². The van der Waals surface area contributed by atoms with Crippen LogP contribution in [0, 0.1) is 0 Å². The van der Waals surface area contributed by atoms with E-state index in [0.717, 1.165) is 23.1 Å². The summed E-state index contributed by atoms with van der Waals surface area (Å²) in [5, 5.41) is 0.715. The molecule has 1 nitrogen and oxygen atoms in total. The van der Waals surface area contributed by atoms with Crippen LogP contribution in [0.5, 0.6) is 0 Å². The van der Waals surface area contributed by atoms with Crippen LogP contribution in [0.15, 0.2) is 49.0 Å². The van der Waals surface area contributed by atoms with Gasteiger partial charge in [0, 0.05) is 22.9 Å². The Morgan fingerprint density at radius 1 is 1.20 bits per heavy atom.